The van der Waals surface area contributed by atoms with Crippen molar-refractivity contribution in [3.8, 4) is 5.75 Å². The topological polar surface area (TPSA) is 72.5 Å². The minimum Gasteiger partial charge on any atom is -0.493 e. The van der Waals surface area contributed by atoms with Gasteiger partial charge in [0, 0.05) is 28.6 Å². The van der Waals surface area contributed by atoms with E-state index in [1.54, 1.807) is 19.9 Å². The van der Waals surface area contributed by atoms with Gasteiger partial charge in [-0.15, -0.1) is 0 Å². The second-order valence-corrected chi connectivity index (χ2v) is 7.56. The fraction of sp³-hybridized carbons (Fsp3) is 0.462. The number of halogens is 1. The van der Waals surface area contributed by atoms with Crippen molar-refractivity contribution in [2.75, 3.05) is 6.61 Å². The zero-order valence-electron chi connectivity index (χ0n) is 11.2. The molecule has 110 valence electrons. The van der Waals surface area contributed by atoms with Crippen LogP contribution in [0.3, 0.4) is 0 Å². The van der Waals surface area contributed by atoms with Gasteiger partial charge < -0.3 is 10.1 Å². The van der Waals surface area contributed by atoms with Gasteiger partial charge in [0.05, 0.1) is 17.5 Å². The summed E-state index contributed by atoms with van der Waals surface area (Å²) in [5.74, 6) is 0.359. The molecule has 7 heteroatoms. The Hall–Kier alpha value is -1.27. The van der Waals surface area contributed by atoms with Gasteiger partial charge >= 0.3 is 0 Å². The number of amides is 1. The van der Waals surface area contributed by atoms with Gasteiger partial charge in [0.15, 0.2) is 0 Å². The quantitative estimate of drug-likeness (QED) is 0.868. The van der Waals surface area contributed by atoms with Crippen molar-refractivity contribution >= 4 is 25.6 Å². The summed E-state index contributed by atoms with van der Waals surface area (Å²) in [4.78, 5) is 11.8. The molecule has 0 radical (unpaired) electrons. The maximum Gasteiger partial charge on any atom is 0.261 e. The molecule has 20 heavy (non-hydrogen) atoms. The summed E-state index contributed by atoms with van der Waals surface area (Å²) in [6.07, 6.45) is 0.594. The zero-order valence-corrected chi connectivity index (χ0v) is 12.8. The van der Waals surface area contributed by atoms with E-state index in [1.165, 1.54) is 12.1 Å². The van der Waals surface area contributed by atoms with Crippen molar-refractivity contribution in [3.05, 3.63) is 23.8 Å². The summed E-state index contributed by atoms with van der Waals surface area (Å²) in [5.41, 5.74) is 0.645. The Bertz CT molecular complexity index is 627. The van der Waals surface area contributed by atoms with Crippen LogP contribution in [0.2, 0.25) is 0 Å². The monoisotopic (exact) mass is 317 g/mol. The van der Waals surface area contributed by atoms with E-state index in [0.29, 0.717) is 24.3 Å². The number of hydrogen-bond acceptors (Lipinski definition) is 4. The predicted octanol–water partition coefficient (Wildman–Crippen LogP) is 2.21. The Labute approximate surface area is 122 Å². The fourth-order valence-corrected chi connectivity index (χ4v) is 2.80. The van der Waals surface area contributed by atoms with E-state index in [2.05, 4.69) is 5.32 Å². The Kier molecular flexibility index (Phi) is 4.25. The molecule has 0 spiro atoms. The molecule has 0 saturated carbocycles. The number of nitrogens with one attached hydrogen (secondary N) is 1. The first-order valence-corrected chi connectivity index (χ1v) is 8.62. The number of hydrogen-bond donors (Lipinski definition) is 1. The molecule has 0 aliphatic carbocycles. The highest BCUT2D eigenvalue weighted by Crippen LogP contribution is 2.34. The van der Waals surface area contributed by atoms with Crippen LogP contribution >= 0.6 is 10.7 Å². The molecule has 1 aromatic carbocycles. The van der Waals surface area contributed by atoms with Gasteiger partial charge in [-0.2, -0.15) is 0 Å². The third kappa shape index (κ3) is 3.24. The first-order valence-electron chi connectivity index (χ1n) is 6.31. The normalized spacial score (nSPS) is 18.3. The molecule has 1 heterocycles. The Morgan fingerprint density at radius 3 is 2.75 bits per heavy atom. The van der Waals surface area contributed by atoms with E-state index >= 15 is 0 Å². The van der Waals surface area contributed by atoms with Crippen LogP contribution in [-0.4, -0.2) is 20.9 Å². The van der Waals surface area contributed by atoms with Crippen LogP contribution in [0.15, 0.2) is 23.1 Å². The van der Waals surface area contributed by atoms with Crippen molar-refractivity contribution in [1.82, 2.24) is 5.32 Å². The molecule has 0 saturated heterocycles. The van der Waals surface area contributed by atoms with Crippen molar-refractivity contribution in [2.45, 2.75) is 31.2 Å². The largest absolute Gasteiger partial charge is 0.493 e. The molecule has 1 amide bonds. The average molecular weight is 318 g/mol. The SMILES string of the molecule is CC(C)C(=O)NC1CCOc2ccc(S(=O)(=O)Cl)cc21. The van der Waals surface area contributed by atoms with E-state index < -0.39 is 9.05 Å². The lowest BCUT2D eigenvalue weighted by molar-refractivity contribution is -0.124. The minimum absolute atomic E-state index is 0.00668. The van der Waals surface area contributed by atoms with Crippen molar-refractivity contribution in [2.24, 2.45) is 5.92 Å². The average Bonchev–Trinajstić information content (AvgIpc) is 2.37. The number of benzene rings is 1. The molecule has 1 aromatic rings. The van der Waals surface area contributed by atoms with Crippen LogP contribution in [0, 0.1) is 5.92 Å². The Balaban J connectivity index is 2.36. The Morgan fingerprint density at radius 2 is 2.15 bits per heavy atom. The highest BCUT2D eigenvalue weighted by molar-refractivity contribution is 8.13. The summed E-state index contributed by atoms with van der Waals surface area (Å²) in [7, 11) is 1.55. The molecular weight excluding hydrogens is 302 g/mol. The lowest BCUT2D eigenvalue weighted by Crippen LogP contribution is -2.34. The van der Waals surface area contributed by atoms with Crippen LogP contribution < -0.4 is 10.1 Å². The van der Waals surface area contributed by atoms with E-state index in [0.717, 1.165) is 0 Å². The van der Waals surface area contributed by atoms with Crippen LogP contribution in [0.25, 0.3) is 0 Å². The maximum atomic E-state index is 11.8. The van der Waals surface area contributed by atoms with Crippen molar-refractivity contribution in [3.63, 3.8) is 0 Å². The van der Waals surface area contributed by atoms with Crippen LogP contribution in [0.5, 0.6) is 5.75 Å². The van der Waals surface area contributed by atoms with Gasteiger partial charge in [0.1, 0.15) is 5.75 Å². The van der Waals surface area contributed by atoms with Crippen molar-refractivity contribution in [1.29, 1.82) is 0 Å². The summed E-state index contributed by atoms with van der Waals surface area (Å²) in [6.45, 7) is 4.08. The van der Waals surface area contributed by atoms with Gasteiger partial charge in [-0.3, -0.25) is 4.79 Å². The molecule has 1 N–H and O–H groups in total. The zero-order chi connectivity index (χ0) is 14.9. The fourth-order valence-electron chi connectivity index (χ4n) is 2.01. The van der Waals surface area contributed by atoms with Crippen molar-refractivity contribution < 1.29 is 17.9 Å². The molecule has 1 aliphatic heterocycles. The van der Waals surface area contributed by atoms with Gasteiger partial charge in [-0.1, -0.05) is 13.8 Å². The highest BCUT2D eigenvalue weighted by Gasteiger charge is 2.25. The maximum absolute atomic E-state index is 11.8. The molecule has 1 aliphatic rings. The number of carbonyl (C=O) groups is 1. The number of carbonyl (C=O) groups excluding carboxylic acids is 1. The third-order valence-corrected chi connectivity index (χ3v) is 4.49. The first kappa shape index (κ1) is 15.1. The molecular formula is C13H16ClNO4S. The molecule has 1 unspecified atom stereocenters. The third-order valence-electron chi connectivity index (χ3n) is 3.14. The van der Waals surface area contributed by atoms with E-state index in [-0.39, 0.29) is 22.8 Å². The summed E-state index contributed by atoms with van der Waals surface area (Å²) in [6, 6.07) is 4.17. The molecule has 2 rings (SSSR count). The lowest BCUT2D eigenvalue weighted by Gasteiger charge is -2.27. The number of fused-ring (bicyclic) bond motifs is 1. The highest BCUT2D eigenvalue weighted by atomic mass is 35.7. The Morgan fingerprint density at radius 1 is 1.45 bits per heavy atom. The summed E-state index contributed by atoms with van der Waals surface area (Å²) in [5, 5.41) is 2.90. The first-order chi connectivity index (χ1) is 9.29. The second kappa shape index (κ2) is 5.61. The minimum atomic E-state index is -3.80. The molecule has 0 bridgehead atoms. The summed E-state index contributed by atoms with van der Waals surface area (Å²) < 4.78 is 28.3. The second-order valence-electron chi connectivity index (χ2n) is 4.99. The predicted molar refractivity (Wildman–Crippen MR) is 75.3 cm³/mol. The number of rotatable bonds is 3. The summed E-state index contributed by atoms with van der Waals surface area (Å²) >= 11 is 0. The van der Waals surface area contributed by atoms with Crippen LogP contribution in [0.1, 0.15) is 31.9 Å². The van der Waals surface area contributed by atoms with Gasteiger partial charge in [0.25, 0.3) is 9.05 Å². The van der Waals surface area contributed by atoms with Gasteiger partial charge in [-0.25, -0.2) is 8.42 Å². The standard InChI is InChI=1S/C13H16ClNO4S/c1-8(2)13(16)15-11-5-6-19-12-4-3-9(7-10(11)12)20(14,17)18/h3-4,7-8,11H,5-6H2,1-2H3,(H,15,16). The van der Waals surface area contributed by atoms with Gasteiger partial charge in [0.2, 0.25) is 5.91 Å². The number of ether oxygens (including phenoxy) is 1. The van der Waals surface area contributed by atoms with Crippen LogP contribution in [0.4, 0.5) is 0 Å². The lowest BCUT2D eigenvalue weighted by atomic mass is 10.00. The van der Waals surface area contributed by atoms with Gasteiger partial charge in [-0.05, 0) is 18.2 Å². The molecule has 0 fully saturated rings. The molecule has 5 nitrogen and oxygen atoms in total. The molecule has 0 aromatic heterocycles. The molecule has 1 atom stereocenters. The van der Waals surface area contributed by atoms with Crippen LogP contribution in [-0.2, 0) is 13.8 Å². The van der Waals surface area contributed by atoms with E-state index in [9.17, 15) is 13.2 Å². The smallest absolute Gasteiger partial charge is 0.261 e. The van der Waals surface area contributed by atoms with E-state index in [4.69, 9.17) is 15.4 Å². The van der Waals surface area contributed by atoms with E-state index in [1.807, 2.05) is 0 Å².